The third kappa shape index (κ3) is 4.54. The number of nitrogens with zero attached hydrogens (tertiary/aromatic N) is 2. The number of carboxylic acids is 1. The van der Waals surface area contributed by atoms with Gasteiger partial charge in [0.05, 0.1) is 10.9 Å². The molecular weight excluding hydrogens is 477 g/mol. The quantitative estimate of drug-likeness (QED) is 0.460. The van der Waals surface area contributed by atoms with Gasteiger partial charge in [0.1, 0.15) is 17.1 Å². The molecule has 0 radical (unpaired) electrons. The molecule has 0 aliphatic carbocycles. The lowest BCUT2D eigenvalue weighted by Gasteiger charge is -2.49. The molecule has 0 aromatic carbocycles. The van der Waals surface area contributed by atoms with E-state index in [4.69, 9.17) is 5.73 Å². The minimum absolute atomic E-state index is 0.0260. The van der Waals surface area contributed by atoms with Gasteiger partial charge in [0.25, 0.3) is 0 Å². The summed E-state index contributed by atoms with van der Waals surface area (Å²) in [6.45, 7) is 2.47. The summed E-state index contributed by atoms with van der Waals surface area (Å²) in [4.78, 5) is 43.1. The largest absolute Gasteiger partial charge is 0.477 e. The van der Waals surface area contributed by atoms with Crippen LogP contribution in [0.2, 0.25) is 0 Å². The van der Waals surface area contributed by atoms with Gasteiger partial charge in [0.15, 0.2) is 5.13 Å². The molecule has 4 heterocycles. The van der Waals surface area contributed by atoms with E-state index in [1.807, 2.05) is 18.4 Å². The molecule has 12 heteroatoms. The topological polar surface area (TPSA) is 126 Å². The maximum Gasteiger partial charge on any atom is 0.353 e. The number of nitrogens with two attached hydrogens (primary N) is 1. The highest BCUT2D eigenvalue weighted by Crippen LogP contribution is 2.46. The summed E-state index contributed by atoms with van der Waals surface area (Å²) in [6, 6.07) is -0.467. The number of anilines is 1. The second-order valence-electron chi connectivity index (χ2n) is 7.12. The minimum atomic E-state index is -1.12. The van der Waals surface area contributed by atoms with Crippen LogP contribution in [0.3, 0.4) is 0 Å². The number of thioether (sulfide) groups is 3. The molecule has 166 valence electrons. The number of carbonyl (C=O) groups excluding carboxylic acids is 2. The van der Waals surface area contributed by atoms with Crippen molar-refractivity contribution in [3.05, 3.63) is 27.8 Å². The van der Waals surface area contributed by atoms with E-state index in [1.54, 1.807) is 0 Å². The van der Waals surface area contributed by atoms with Crippen LogP contribution in [0.15, 0.2) is 22.1 Å². The Balaban J connectivity index is 1.46. The first-order valence-electron chi connectivity index (χ1n) is 9.79. The lowest BCUT2D eigenvalue weighted by Crippen LogP contribution is -2.69. The highest BCUT2D eigenvalue weighted by atomic mass is 32.2. The van der Waals surface area contributed by atoms with Crippen molar-refractivity contribution in [1.82, 2.24) is 15.2 Å². The molecule has 8 nitrogen and oxygen atoms in total. The lowest BCUT2D eigenvalue weighted by atomic mass is 10.0. The molecule has 1 amide bonds. The fourth-order valence-corrected chi connectivity index (χ4v) is 8.28. The van der Waals surface area contributed by atoms with E-state index in [2.05, 4.69) is 10.3 Å². The van der Waals surface area contributed by atoms with Crippen LogP contribution in [-0.4, -0.2) is 66.7 Å². The van der Waals surface area contributed by atoms with Crippen LogP contribution in [0.1, 0.15) is 25.5 Å². The third-order valence-electron chi connectivity index (χ3n) is 5.12. The van der Waals surface area contributed by atoms with Gasteiger partial charge in [0.2, 0.25) is 11.0 Å². The molecule has 3 aliphatic heterocycles. The zero-order valence-corrected chi connectivity index (χ0v) is 20.0. The molecule has 0 bridgehead atoms. The Labute approximate surface area is 196 Å². The van der Waals surface area contributed by atoms with Crippen LogP contribution in [0.4, 0.5) is 5.13 Å². The van der Waals surface area contributed by atoms with Crippen molar-refractivity contribution >= 4 is 74.3 Å². The lowest BCUT2D eigenvalue weighted by molar-refractivity contribution is -0.149. The second kappa shape index (κ2) is 9.57. The first-order valence-corrected chi connectivity index (χ1v) is 13.6. The highest BCUT2D eigenvalue weighted by Gasteiger charge is 2.53. The monoisotopic (exact) mass is 498 g/mol. The number of aliphatic carboxylic acids is 1. The Morgan fingerprint density at radius 2 is 2.29 bits per heavy atom. The number of fused-ring (bicyclic) bond motifs is 1. The van der Waals surface area contributed by atoms with Crippen LogP contribution >= 0.6 is 46.6 Å². The number of hydrogen-bond donors (Lipinski definition) is 3. The number of β-lactam (4-membered cyclic amide) rings is 1. The summed E-state index contributed by atoms with van der Waals surface area (Å²) >= 11 is 5.49. The number of carbonyl (C=O) groups is 3. The molecule has 4 rings (SSSR count). The van der Waals surface area contributed by atoms with E-state index < -0.39 is 12.0 Å². The summed E-state index contributed by atoms with van der Waals surface area (Å²) in [5.41, 5.74) is 7.53. The number of carboxylic acid groups (broad SMARTS) is 1. The van der Waals surface area contributed by atoms with Crippen molar-refractivity contribution in [3.63, 3.8) is 0 Å². The van der Waals surface area contributed by atoms with Crippen LogP contribution in [-0.2, 0) is 14.4 Å². The molecule has 3 atom stereocenters. The number of rotatable bonds is 8. The maximum absolute atomic E-state index is 12.9. The van der Waals surface area contributed by atoms with Gasteiger partial charge in [-0.3, -0.25) is 19.8 Å². The molecule has 0 saturated carbocycles. The van der Waals surface area contributed by atoms with Crippen LogP contribution in [0, 0.1) is 0 Å². The standard InChI is InChI=1S/C19H22N4O4S4/c1-2-3-9(10-7-30-19(20)22-10)6-21-13-15(24)23-14(17(25)26)12(8-29-16(13)23)31-11-4-5-28-18(11)27/h3,7,11,13,16,21H,2,4-6,8H2,1H3,(H2,20,22)(H,25,26)/b9-3-/t11?,13-,16-/m1/s1. The van der Waals surface area contributed by atoms with Gasteiger partial charge in [-0.15, -0.1) is 34.9 Å². The molecule has 4 N–H and O–H groups in total. The Kier molecular flexibility index (Phi) is 7.01. The zero-order valence-electron chi connectivity index (χ0n) is 16.7. The summed E-state index contributed by atoms with van der Waals surface area (Å²) in [5, 5.41) is 15.0. The normalized spacial score (nSPS) is 26.3. The zero-order chi connectivity index (χ0) is 22.1. The average Bonchev–Trinajstić information content (AvgIpc) is 3.35. The van der Waals surface area contributed by atoms with E-state index in [-0.39, 0.29) is 27.3 Å². The summed E-state index contributed by atoms with van der Waals surface area (Å²) < 4.78 is 0. The third-order valence-corrected chi connectivity index (χ3v) is 9.77. The smallest absolute Gasteiger partial charge is 0.353 e. The van der Waals surface area contributed by atoms with Crippen molar-refractivity contribution in [2.75, 3.05) is 23.8 Å². The number of amides is 1. The van der Waals surface area contributed by atoms with Gasteiger partial charge in [-0.1, -0.05) is 24.8 Å². The molecule has 0 spiro atoms. The summed E-state index contributed by atoms with van der Waals surface area (Å²) in [5.74, 6) is -0.140. The first kappa shape index (κ1) is 22.7. The molecule has 2 saturated heterocycles. The highest BCUT2D eigenvalue weighted by molar-refractivity contribution is 8.17. The van der Waals surface area contributed by atoms with Crippen molar-refractivity contribution in [1.29, 1.82) is 0 Å². The van der Waals surface area contributed by atoms with E-state index in [0.29, 0.717) is 22.3 Å². The molecule has 1 aromatic rings. The predicted molar refractivity (Wildman–Crippen MR) is 128 cm³/mol. The predicted octanol–water partition coefficient (Wildman–Crippen LogP) is 2.45. The molecule has 2 fully saturated rings. The van der Waals surface area contributed by atoms with Crippen molar-refractivity contribution in [2.45, 2.75) is 36.4 Å². The number of nitrogen functional groups attached to an aromatic ring is 1. The fraction of sp³-hybridized carbons (Fsp3) is 0.474. The van der Waals surface area contributed by atoms with Gasteiger partial charge in [-0.2, -0.15) is 0 Å². The first-order chi connectivity index (χ1) is 14.9. The van der Waals surface area contributed by atoms with E-state index >= 15 is 0 Å². The molecule has 31 heavy (non-hydrogen) atoms. The molecule has 1 unspecified atom stereocenters. The Morgan fingerprint density at radius 1 is 1.48 bits per heavy atom. The van der Waals surface area contributed by atoms with Crippen LogP contribution in [0.25, 0.3) is 5.57 Å². The number of nitrogens with one attached hydrogen (secondary N) is 1. The molecular formula is C19H22N4O4S4. The van der Waals surface area contributed by atoms with Gasteiger partial charge < -0.3 is 10.8 Å². The fourth-order valence-electron chi connectivity index (χ4n) is 3.66. The maximum atomic E-state index is 12.9. The Bertz CT molecular complexity index is 976. The Morgan fingerprint density at radius 3 is 2.90 bits per heavy atom. The van der Waals surface area contributed by atoms with E-state index in [9.17, 15) is 19.5 Å². The molecule has 3 aliphatic rings. The van der Waals surface area contributed by atoms with Crippen molar-refractivity contribution < 1.29 is 19.5 Å². The van der Waals surface area contributed by atoms with Crippen molar-refractivity contribution in [2.24, 2.45) is 0 Å². The van der Waals surface area contributed by atoms with E-state index in [1.165, 1.54) is 51.5 Å². The summed E-state index contributed by atoms with van der Waals surface area (Å²) in [6.07, 6.45) is 3.59. The van der Waals surface area contributed by atoms with Crippen LogP contribution < -0.4 is 11.1 Å². The second-order valence-corrected chi connectivity index (χ2v) is 11.5. The number of thiazole rings is 1. The van der Waals surface area contributed by atoms with Gasteiger partial charge >= 0.3 is 5.97 Å². The van der Waals surface area contributed by atoms with Gasteiger partial charge in [-0.25, -0.2) is 9.78 Å². The van der Waals surface area contributed by atoms with Crippen molar-refractivity contribution in [3.8, 4) is 0 Å². The van der Waals surface area contributed by atoms with Crippen LogP contribution in [0.5, 0.6) is 0 Å². The number of hydrogen-bond acceptors (Lipinski definition) is 10. The SMILES string of the molecule is CC/C=C(/CN[C@@H]1C(=O)N2C(C(=O)O)=C(SC3CCSC3=O)CS[C@H]12)c1csc(N)n1. The van der Waals surface area contributed by atoms with E-state index in [0.717, 1.165) is 29.9 Å². The van der Waals surface area contributed by atoms with Gasteiger partial charge in [0, 0.05) is 28.3 Å². The number of aromatic nitrogens is 1. The Hall–Kier alpha value is -1.47. The molecule has 1 aromatic heterocycles. The average molecular weight is 499 g/mol. The summed E-state index contributed by atoms with van der Waals surface area (Å²) in [7, 11) is 0. The number of allylic oxidation sites excluding steroid dienone is 1. The van der Waals surface area contributed by atoms with Gasteiger partial charge in [-0.05, 0) is 18.4 Å². The minimum Gasteiger partial charge on any atom is -0.477 e.